The fourth-order valence-electron chi connectivity index (χ4n) is 7.58. The van der Waals surface area contributed by atoms with Crippen LogP contribution in [0.25, 0.3) is 0 Å². The Labute approximate surface area is 384 Å². The second-order valence-electron chi connectivity index (χ2n) is 17.8. The molecule has 0 heterocycles. The van der Waals surface area contributed by atoms with Crippen LogP contribution >= 0.6 is 0 Å². The van der Waals surface area contributed by atoms with Crippen molar-refractivity contribution in [3.05, 3.63) is 48.6 Å². The van der Waals surface area contributed by atoms with Crippen molar-refractivity contribution in [3.63, 3.8) is 0 Å². The molecule has 0 saturated carbocycles. The summed E-state index contributed by atoms with van der Waals surface area (Å²) in [6, 6.07) is 0. The Morgan fingerprint density at radius 1 is 0.339 bits per heavy atom. The van der Waals surface area contributed by atoms with E-state index in [4.69, 9.17) is 14.2 Å². The molecular formula is C56H100O6. The first kappa shape index (κ1) is 59.4. The lowest BCUT2D eigenvalue weighted by Crippen LogP contribution is -2.30. The molecule has 0 aromatic rings. The van der Waals surface area contributed by atoms with Crippen LogP contribution in [0.2, 0.25) is 0 Å². The second-order valence-corrected chi connectivity index (χ2v) is 17.8. The van der Waals surface area contributed by atoms with Gasteiger partial charge in [0.25, 0.3) is 0 Å². The van der Waals surface area contributed by atoms with Gasteiger partial charge in [0.15, 0.2) is 6.10 Å². The Morgan fingerprint density at radius 2 is 0.661 bits per heavy atom. The first-order valence-corrected chi connectivity index (χ1v) is 26.6. The molecular weight excluding hydrogens is 769 g/mol. The molecule has 0 saturated heterocycles. The van der Waals surface area contributed by atoms with Crippen molar-refractivity contribution < 1.29 is 28.6 Å². The molecule has 0 aromatic heterocycles. The van der Waals surface area contributed by atoms with Crippen LogP contribution in [-0.2, 0) is 28.6 Å². The number of carbonyl (C=O) groups excluding carboxylic acids is 3. The fourth-order valence-corrected chi connectivity index (χ4v) is 7.58. The highest BCUT2D eigenvalue weighted by atomic mass is 16.6. The second kappa shape index (κ2) is 51.0. The van der Waals surface area contributed by atoms with Gasteiger partial charge in [-0.1, -0.05) is 230 Å². The molecule has 0 aliphatic rings. The van der Waals surface area contributed by atoms with Crippen molar-refractivity contribution in [2.45, 2.75) is 277 Å². The van der Waals surface area contributed by atoms with E-state index < -0.39 is 6.10 Å². The quantitative estimate of drug-likeness (QED) is 0.0262. The van der Waals surface area contributed by atoms with Gasteiger partial charge >= 0.3 is 17.9 Å². The lowest BCUT2D eigenvalue weighted by Gasteiger charge is -2.18. The van der Waals surface area contributed by atoms with E-state index in [1.54, 1.807) is 0 Å². The third kappa shape index (κ3) is 48.4. The molecule has 0 aliphatic carbocycles. The number of allylic oxidation sites excluding steroid dienone is 8. The minimum atomic E-state index is -0.777. The van der Waals surface area contributed by atoms with Crippen LogP contribution in [-0.4, -0.2) is 37.2 Å². The minimum absolute atomic E-state index is 0.0786. The van der Waals surface area contributed by atoms with Crippen LogP contribution in [0.15, 0.2) is 48.6 Å². The predicted molar refractivity (Wildman–Crippen MR) is 265 cm³/mol. The SMILES string of the molecule is CC/C=C\C/C=C\C/C=C\CCCCCCCCCC(=O)OCC(COC(=O)CCCCCCC/C=C\CCC)OC(=O)CCCCCCCCCCCCCCCCCCC. The lowest BCUT2D eigenvalue weighted by atomic mass is 10.0. The largest absolute Gasteiger partial charge is 0.462 e. The van der Waals surface area contributed by atoms with E-state index in [2.05, 4.69) is 69.4 Å². The van der Waals surface area contributed by atoms with Crippen LogP contribution in [0.3, 0.4) is 0 Å². The van der Waals surface area contributed by atoms with Gasteiger partial charge in [-0.15, -0.1) is 0 Å². The Kier molecular flexibility index (Phi) is 48.8. The number of hydrogen-bond donors (Lipinski definition) is 0. The third-order valence-electron chi connectivity index (χ3n) is 11.5. The zero-order valence-corrected chi connectivity index (χ0v) is 41.1. The molecule has 6 nitrogen and oxygen atoms in total. The predicted octanol–water partition coefficient (Wildman–Crippen LogP) is 17.5. The molecule has 1 unspecified atom stereocenters. The van der Waals surface area contributed by atoms with E-state index in [-0.39, 0.29) is 31.1 Å². The molecule has 0 fully saturated rings. The maximum atomic E-state index is 12.8. The lowest BCUT2D eigenvalue weighted by molar-refractivity contribution is -0.167. The van der Waals surface area contributed by atoms with Gasteiger partial charge in [0.2, 0.25) is 0 Å². The summed E-state index contributed by atoms with van der Waals surface area (Å²) in [5.41, 5.74) is 0. The van der Waals surface area contributed by atoms with Crippen molar-refractivity contribution in [1.29, 1.82) is 0 Å². The zero-order valence-electron chi connectivity index (χ0n) is 41.1. The van der Waals surface area contributed by atoms with E-state index in [1.807, 2.05) is 0 Å². The third-order valence-corrected chi connectivity index (χ3v) is 11.5. The normalized spacial score (nSPS) is 12.4. The number of hydrogen-bond acceptors (Lipinski definition) is 6. The van der Waals surface area contributed by atoms with Gasteiger partial charge < -0.3 is 14.2 Å². The molecule has 0 amide bonds. The summed E-state index contributed by atoms with van der Waals surface area (Å²) in [7, 11) is 0. The summed E-state index contributed by atoms with van der Waals surface area (Å²) in [6.45, 7) is 6.47. The summed E-state index contributed by atoms with van der Waals surface area (Å²) in [4.78, 5) is 38.0. The molecule has 0 rings (SSSR count). The monoisotopic (exact) mass is 869 g/mol. The smallest absolute Gasteiger partial charge is 0.306 e. The Balaban J connectivity index is 4.32. The van der Waals surface area contributed by atoms with Crippen molar-refractivity contribution >= 4 is 17.9 Å². The van der Waals surface area contributed by atoms with E-state index in [0.29, 0.717) is 19.3 Å². The molecule has 360 valence electrons. The molecule has 0 aromatic carbocycles. The van der Waals surface area contributed by atoms with Gasteiger partial charge in [-0.25, -0.2) is 0 Å². The molecule has 0 bridgehead atoms. The van der Waals surface area contributed by atoms with Gasteiger partial charge in [-0.3, -0.25) is 14.4 Å². The summed E-state index contributed by atoms with van der Waals surface area (Å²) in [6.07, 6.45) is 61.0. The summed E-state index contributed by atoms with van der Waals surface area (Å²) in [5, 5.41) is 0. The van der Waals surface area contributed by atoms with Crippen LogP contribution in [0.1, 0.15) is 271 Å². The minimum Gasteiger partial charge on any atom is -0.462 e. The van der Waals surface area contributed by atoms with Crippen molar-refractivity contribution in [3.8, 4) is 0 Å². The maximum absolute atomic E-state index is 12.8. The topological polar surface area (TPSA) is 78.9 Å². The summed E-state index contributed by atoms with van der Waals surface area (Å²) >= 11 is 0. The van der Waals surface area contributed by atoms with E-state index >= 15 is 0 Å². The Hall–Kier alpha value is -2.63. The molecule has 0 radical (unpaired) electrons. The van der Waals surface area contributed by atoms with Crippen molar-refractivity contribution in [2.24, 2.45) is 0 Å². The van der Waals surface area contributed by atoms with E-state index in [1.165, 1.54) is 135 Å². The van der Waals surface area contributed by atoms with Gasteiger partial charge in [0.05, 0.1) is 0 Å². The van der Waals surface area contributed by atoms with Crippen molar-refractivity contribution in [1.82, 2.24) is 0 Å². The highest BCUT2D eigenvalue weighted by Crippen LogP contribution is 2.16. The number of rotatable bonds is 48. The van der Waals surface area contributed by atoms with E-state index in [0.717, 1.165) is 96.3 Å². The van der Waals surface area contributed by atoms with Gasteiger partial charge in [-0.05, 0) is 70.6 Å². The zero-order chi connectivity index (χ0) is 45.1. The van der Waals surface area contributed by atoms with Gasteiger partial charge in [-0.2, -0.15) is 0 Å². The molecule has 6 heteroatoms. The average Bonchev–Trinajstić information content (AvgIpc) is 3.27. The van der Waals surface area contributed by atoms with Crippen LogP contribution in [0, 0.1) is 0 Å². The van der Waals surface area contributed by atoms with Crippen LogP contribution < -0.4 is 0 Å². The fraction of sp³-hybridized carbons (Fsp3) is 0.804. The number of carbonyl (C=O) groups is 3. The first-order chi connectivity index (χ1) is 30.5. The van der Waals surface area contributed by atoms with Gasteiger partial charge in [0, 0.05) is 19.3 Å². The molecule has 0 spiro atoms. The Bertz CT molecular complexity index is 1090. The summed E-state index contributed by atoms with van der Waals surface area (Å²) < 4.78 is 16.8. The van der Waals surface area contributed by atoms with Crippen molar-refractivity contribution in [2.75, 3.05) is 13.2 Å². The maximum Gasteiger partial charge on any atom is 0.306 e. The molecule has 1 atom stereocenters. The standard InChI is InChI=1S/C56H100O6/c1-4-7-10-13-16-19-22-24-26-28-30-32-34-37-40-43-46-49-55(58)61-52-53(51-60-54(57)48-45-42-39-36-21-18-15-12-9-6-3)62-56(59)50-47-44-41-38-35-33-31-29-27-25-23-20-17-14-11-8-5-2/h7,10,12,15-16,19,24,26,53H,4-6,8-9,11,13-14,17-18,20-23,25,27-52H2,1-3H3/b10-7-,15-12-,19-16-,26-24-. The highest BCUT2D eigenvalue weighted by Gasteiger charge is 2.19. The average molecular weight is 869 g/mol. The van der Waals surface area contributed by atoms with Crippen LogP contribution in [0.4, 0.5) is 0 Å². The first-order valence-electron chi connectivity index (χ1n) is 26.6. The van der Waals surface area contributed by atoms with Gasteiger partial charge in [0.1, 0.15) is 13.2 Å². The molecule has 0 aliphatic heterocycles. The molecule has 62 heavy (non-hydrogen) atoms. The summed E-state index contributed by atoms with van der Waals surface area (Å²) in [5.74, 6) is -0.888. The van der Waals surface area contributed by atoms with E-state index in [9.17, 15) is 14.4 Å². The number of esters is 3. The number of ether oxygens (including phenoxy) is 3. The Morgan fingerprint density at radius 3 is 1.06 bits per heavy atom. The van der Waals surface area contributed by atoms with Crippen LogP contribution in [0.5, 0.6) is 0 Å². The highest BCUT2D eigenvalue weighted by molar-refractivity contribution is 5.71. The number of unbranched alkanes of at least 4 members (excludes halogenated alkanes) is 29. The molecule has 0 N–H and O–H groups in total.